The molecule has 0 radical (unpaired) electrons. The van der Waals surface area contributed by atoms with Crippen molar-refractivity contribution in [2.45, 2.75) is 140 Å². The molecule has 14 nitrogen and oxygen atoms in total. The lowest BCUT2D eigenvalue weighted by Crippen LogP contribution is -2.41. The third kappa shape index (κ3) is 14.1. The van der Waals surface area contributed by atoms with Gasteiger partial charge in [-0.25, -0.2) is 13.5 Å². The number of phosphoric ester groups is 1. The van der Waals surface area contributed by atoms with Crippen molar-refractivity contribution in [2.75, 3.05) is 32.2 Å². The van der Waals surface area contributed by atoms with Crippen molar-refractivity contribution < 1.29 is 47.3 Å². The average molecular weight is 816 g/mol. The first-order chi connectivity index (χ1) is 27.5. The second kappa shape index (κ2) is 23.8. The van der Waals surface area contributed by atoms with E-state index in [9.17, 15) is 34.6 Å². The topological polar surface area (TPSA) is 215 Å². The maximum Gasteiger partial charge on any atom is 0.472 e. The van der Waals surface area contributed by atoms with E-state index in [1.54, 1.807) is 12.1 Å². The van der Waals surface area contributed by atoms with Gasteiger partial charge in [-0.2, -0.15) is 15.6 Å². The third-order valence-corrected chi connectivity index (χ3v) is 11.1. The normalized spacial score (nSPS) is 21.0. The highest BCUT2D eigenvalue weighted by Gasteiger charge is 2.58. The minimum atomic E-state index is -4.82. The Morgan fingerprint density at radius 2 is 1.60 bits per heavy atom. The van der Waals surface area contributed by atoms with Crippen LogP contribution in [0.2, 0.25) is 0 Å². The van der Waals surface area contributed by atoms with E-state index in [0.717, 1.165) is 25.3 Å². The molecule has 16 heteroatoms. The van der Waals surface area contributed by atoms with Crippen molar-refractivity contribution in [1.82, 2.24) is 9.61 Å². The van der Waals surface area contributed by atoms with Gasteiger partial charge in [-0.05, 0) is 48.4 Å². The molecule has 1 fully saturated rings. The van der Waals surface area contributed by atoms with Crippen LogP contribution in [0.15, 0.2) is 42.6 Å². The first kappa shape index (κ1) is 46.2. The minimum absolute atomic E-state index is 0.00974. The number of nitrogen functional groups attached to an aromatic ring is 1. The molecule has 0 saturated carbocycles. The zero-order valence-corrected chi connectivity index (χ0v) is 33.9. The lowest BCUT2D eigenvalue weighted by Gasteiger charge is -2.24. The molecule has 6 atom stereocenters. The lowest BCUT2D eigenvalue weighted by atomic mass is 9.92. The third-order valence-electron chi connectivity index (χ3n) is 10.2. The first-order valence-electron chi connectivity index (χ1n) is 20.2. The summed E-state index contributed by atoms with van der Waals surface area (Å²) in [7, 11) is -4.82. The predicted octanol–water partition coefficient (Wildman–Crippen LogP) is 7.37. The van der Waals surface area contributed by atoms with Crippen LogP contribution in [0.5, 0.6) is 0 Å². The maximum absolute atomic E-state index is 14.1. The van der Waals surface area contributed by atoms with Gasteiger partial charge in [-0.1, -0.05) is 96.8 Å². The number of hydrogen-bond donors (Lipinski definition) is 4. The number of fused-ring (bicyclic) bond motifs is 1. The Kier molecular flexibility index (Phi) is 19.3. The zero-order valence-electron chi connectivity index (χ0n) is 33.0. The fourth-order valence-corrected chi connectivity index (χ4v) is 7.73. The molecule has 314 valence electrons. The number of aromatic nitrogens is 2. The van der Waals surface area contributed by atoms with Crippen LogP contribution in [0, 0.1) is 28.5 Å². The second-order valence-electron chi connectivity index (χ2n) is 14.7. The van der Waals surface area contributed by atoms with Crippen LogP contribution in [-0.4, -0.2) is 75.6 Å². The summed E-state index contributed by atoms with van der Waals surface area (Å²) in [5.74, 6) is -0.606. The summed E-state index contributed by atoms with van der Waals surface area (Å²) < 4.78 is 56.3. The van der Waals surface area contributed by atoms with Crippen LogP contribution >= 0.6 is 7.82 Å². The number of rotatable bonds is 28. The number of halogens is 1. The molecule has 5 N–H and O–H groups in total. The molecular weight excluding hydrogens is 756 g/mol. The second-order valence-corrected chi connectivity index (χ2v) is 16.2. The predicted molar refractivity (Wildman–Crippen MR) is 211 cm³/mol. The molecule has 4 rings (SSSR count). The molecule has 0 aliphatic carbocycles. The van der Waals surface area contributed by atoms with Crippen LogP contribution < -0.4 is 5.73 Å². The van der Waals surface area contributed by atoms with Crippen LogP contribution in [0.25, 0.3) is 5.52 Å². The molecule has 3 heterocycles. The number of aliphatic hydroxyl groups excluding tert-OH is 2. The maximum atomic E-state index is 14.1. The number of nitriles is 2. The van der Waals surface area contributed by atoms with Gasteiger partial charge >= 0.3 is 7.82 Å². The van der Waals surface area contributed by atoms with Gasteiger partial charge < -0.3 is 35.1 Å². The number of hydrogen-bond acceptors (Lipinski definition) is 12. The number of nitrogens with two attached hydrogens (primary N) is 1. The number of benzene rings is 1. The number of nitrogens with zero attached hydrogens (tertiary/aromatic N) is 4. The number of unbranched alkanes of at least 4 members (excludes halogenated alkanes) is 14. The monoisotopic (exact) mass is 815 g/mol. The van der Waals surface area contributed by atoms with Gasteiger partial charge in [-0.3, -0.25) is 9.05 Å². The number of ether oxygens (including phenoxy) is 3. The minimum Gasteiger partial charge on any atom is -0.397 e. The lowest BCUT2D eigenvalue weighted by molar-refractivity contribution is -0.0690. The molecular formula is C41H59FN5O9P. The summed E-state index contributed by atoms with van der Waals surface area (Å²) in [5, 5.41) is 45.3. The molecule has 0 amide bonds. The molecule has 1 aromatic carbocycles. The molecule has 1 aliphatic heterocycles. The largest absolute Gasteiger partial charge is 0.472 e. The van der Waals surface area contributed by atoms with E-state index in [-0.39, 0.29) is 24.5 Å². The van der Waals surface area contributed by atoms with Crippen LogP contribution in [0.1, 0.15) is 120 Å². The molecule has 1 unspecified atom stereocenters. The highest BCUT2D eigenvalue weighted by molar-refractivity contribution is 7.47. The number of phosphoric acid groups is 1. The molecule has 3 aromatic rings. The summed E-state index contributed by atoms with van der Waals surface area (Å²) >= 11 is 0. The van der Waals surface area contributed by atoms with E-state index in [4.69, 9.17) is 29.0 Å². The average Bonchev–Trinajstić information content (AvgIpc) is 3.75. The quantitative estimate of drug-likeness (QED) is 0.0417. The van der Waals surface area contributed by atoms with Gasteiger partial charge in [0, 0.05) is 12.8 Å². The molecule has 2 aromatic heterocycles. The summed E-state index contributed by atoms with van der Waals surface area (Å²) in [4.78, 5) is 10.6. The highest BCUT2D eigenvalue weighted by atomic mass is 31.2. The van der Waals surface area contributed by atoms with E-state index >= 15 is 0 Å². The van der Waals surface area contributed by atoms with E-state index < -0.39 is 56.9 Å². The first-order valence-corrected chi connectivity index (χ1v) is 21.7. The van der Waals surface area contributed by atoms with Gasteiger partial charge in [0.2, 0.25) is 5.60 Å². The summed E-state index contributed by atoms with van der Waals surface area (Å²) in [6.07, 6.45) is 14.3. The number of anilines is 1. The molecule has 0 bridgehead atoms. The number of aliphatic hydroxyl groups is 2. The van der Waals surface area contributed by atoms with E-state index in [2.05, 4.69) is 12.0 Å². The van der Waals surface area contributed by atoms with Gasteiger partial charge in [0.25, 0.3) is 0 Å². The van der Waals surface area contributed by atoms with Gasteiger partial charge in [0.05, 0.1) is 55.0 Å². The molecule has 0 spiro atoms. The van der Waals surface area contributed by atoms with Crippen molar-refractivity contribution in [3.63, 3.8) is 0 Å². The van der Waals surface area contributed by atoms with Crippen molar-refractivity contribution in [1.29, 1.82) is 10.5 Å². The fourth-order valence-electron chi connectivity index (χ4n) is 6.96. The Balaban J connectivity index is 1.22. The Bertz CT molecular complexity index is 1800. The zero-order chi connectivity index (χ0) is 41.1. The Morgan fingerprint density at radius 1 is 0.947 bits per heavy atom. The van der Waals surface area contributed by atoms with Crippen LogP contribution in [-0.2, 0) is 40.0 Å². The van der Waals surface area contributed by atoms with Gasteiger partial charge in [0.1, 0.15) is 36.3 Å². The van der Waals surface area contributed by atoms with Crippen molar-refractivity contribution in [3.05, 3.63) is 65.2 Å². The van der Waals surface area contributed by atoms with Crippen LogP contribution in [0.3, 0.4) is 0 Å². The Morgan fingerprint density at radius 3 is 2.23 bits per heavy atom. The standard InChI is InChI=1S/C41H59FN5O9P/c1-2-3-4-5-6-7-8-9-10-11-12-13-14-15-16-21-52-27-34(53-26-32-22-31(25-43)23-33(42)24-32)28-54-57(50,51)55-29-37-39(48)40(49)41(30-44,56-37)38-18-17-36-35(45)19-20-46-47(36)38/h17-20,22-24,34,37,39-40,48-49H,2-16,21,26-29,45H2,1H3,(H,50,51)/t34-,37-,39-,40-,41+/m1/s1. The van der Waals surface area contributed by atoms with E-state index in [0.29, 0.717) is 23.4 Å². The molecule has 1 saturated heterocycles. The summed E-state index contributed by atoms with van der Waals surface area (Å²) in [5.41, 5.74) is 5.29. The summed E-state index contributed by atoms with van der Waals surface area (Å²) in [6.45, 7) is 1.34. The van der Waals surface area contributed by atoms with Crippen LogP contribution in [0.4, 0.5) is 10.1 Å². The van der Waals surface area contributed by atoms with E-state index in [1.807, 2.05) is 12.1 Å². The van der Waals surface area contributed by atoms with Gasteiger partial charge in [0.15, 0.2) is 0 Å². The Hall–Kier alpha value is -3.47. The van der Waals surface area contributed by atoms with Crippen molar-refractivity contribution in [2.24, 2.45) is 0 Å². The highest BCUT2D eigenvalue weighted by Crippen LogP contribution is 2.46. The smallest absolute Gasteiger partial charge is 0.397 e. The molecule has 57 heavy (non-hydrogen) atoms. The summed E-state index contributed by atoms with van der Waals surface area (Å²) in [6, 6.07) is 12.2. The van der Waals surface area contributed by atoms with E-state index in [1.165, 1.54) is 106 Å². The van der Waals surface area contributed by atoms with Crippen molar-refractivity contribution in [3.8, 4) is 12.1 Å². The van der Waals surface area contributed by atoms with Crippen molar-refractivity contribution >= 4 is 19.0 Å². The SMILES string of the molecule is CCCCCCCCCCCCCCCCCOC[C@H](COP(=O)(O)OC[C@H]1O[C@@](C#N)(c2ccc3c(N)ccnn23)[C@H](O)[C@@H]1O)OCc1cc(F)cc(C#N)c1. The van der Waals surface area contributed by atoms with Gasteiger partial charge in [-0.15, -0.1) is 0 Å². The molecule has 1 aliphatic rings. The fraction of sp³-hybridized carbons (Fsp3) is 0.634. The Labute approximate surface area is 335 Å².